The predicted molar refractivity (Wildman–Crippen MR) is 124 cm³/mol. The van der Waals surface area contributed by atoms with Crippen LogP contribution in [0.25, 0.3) is 27.7 Å². The van der Waals surface area contributed by atoms with Gasteiger partial charge in [0.15, 0.2) is 0 Å². The van der Waals surface area contributed by atoms with Crippen molar-refractivity contribution in [1.29, 1.82) is 0 Å². The van der Waals surface area contributed by atoms with Gasteiger partial charge in [-0.05, 0) is 0 Å². The second-order valence-electron chi connectivity index (χ2n) is 5.39. The third kappa shape index (κ3) is 9.00. The van der Waals surface area contributed by atoms with Crippen molar-refractivity contribution in [1.82, 2.24) is 0 Å². The van der Waals surface area contributed by atoms with Crippen molar-refractivity contribution < 1.29 is 26.2 Å². The Hall–Kier alpha value is -1.70. The van der Waals surface area contributed by atoms with E-state index in [1.807, 2.05) is 30.3 Å². The molecule has 0 aliphatic carbocycles. The minimum atomic E-state index is 0. The number of hydrogen-bond donors (Lipinski definition) is 0. The molecule has 0 saturated carbocycles. The molecule has 4 heteroatoms. The van der Waals surface area contributed by atoms with Gasteiger partial charge in [0.05, 0.1) is 0 Å². The van der Waals surface area contributed by atoms with Crippen molar-refractivity contribution in [3.8, 4) is 0 Å². The van der Waals surface area contributed by atoms with Gasteiger partial charge in [-0.15, -0.1) is 84.1 Å². The summed E-state index contributed by atoms with van der Waals surface area (Å²) in [7, 11) is 0. The first-order chi connectivity index (χ1) is 11.9. The fraction of sp³-hybridized carbons (Fsp3) is 0. The molecule has 0 saturated heterocycles. The zero-order valence-corrected chi connectivity index (χ0v) is 19.5. The van der Waals surface area contributed by atoms with Crippen LogP contribution in [0.5, 0.6) is 0 Å². The van der Waals surface area contributed by atoms with E-state index in [9.17, 15) is 0 Å². The van der Waals surface area contributed by atoms with Crippen molar-refractivity contribution >= 4 is 46.4 Å². The average molecular weight is 488 g/mol. The largest absolute Gasteiger partial charge is 4.00 e. The number of fused-ring (bicyclic) bond motifs is 2. The van der Waals surface area contributed by atoms with E-state index in [1.54, 1.807) is 0 Å². The Morgan fingerprint density at radius 3 is 1.29 bits per heavy atom. The molecule has 5 aromatic carbocycles. The molecule has 5 aromatic rings. The number of halogens is 2. The van der Waals surface area contributed by atoms with Gasteiger partial charge in [0, 0.05) is 0 Å². The Bertz CT molecular complexity index is 824. The molecular weight excluding hydrogens is 464 g/mol. The summed E-state index contributed by atoms with van der Waals surface area (Å²) in [6.45, 7) is 0. The monoisotopic (exact) mass is 485 g/mol. The molecule has 0 bridgehead atoms. The summed E-state index contributed by atoms with van der Waals surface area (Å²) < 4.78 is 0. The summed E-state index contributed by atoms with van der Waals surface area (Å²) in [6, 6.07) is 41.8. The Labute approximate surface area is 199 Å². The molecule has 0 aliphatic heterocycles. The molecule has 28 heavy (non-hydrogen) atoms. The van der Waals surface area contributed by atoms with E-state index in [4.69, 9.17) is 0 Å². The molecule has 1 nitrogen and oxygen atoms in total. The van der Waals surface area contributed by atoms with Crippen LogP contribution >= 0.6 is 24.8 Å². The van der Waals surface area contributed by atoms with Gasteiger partial charge >= 0.3 is 26.2 Å². The quantitative estimate of drug-likeness (QED) is 0.198. The second-order valence-corrected chi connectivity index (χ2v) is 5.39. The van der Waals surface area contributed by atoms with E-state index in [2.05, 4.69) is 91.0 Å². The molecule has 0 spiro atoms. The maximum absolute atomic E-state index is 2.89. The minimum Gasteiger partial charge on any atom is -0.693 e. The van der Waals surface area contributed by atoms with Gasteiger partial charge in [-0.1, -0.05) is 12.1 Å². The van der Waals surface area contributed by atoms with Crippen molar-refractivity contribution in [3.05, 3.63) is 127 Å². The van der Waals surface area contributed by atoms with E-state index < -0.39 is 0 Å². The molecule has 5 rings (SSSR count). The standard InChI is InChI=1S/2C9H7.C6H5.2ClH.H2N.Zr/c2*1-2-5-9-7-3-6-8(9)4-1;1-2-4-6-5-3-1;;;;/h2*1-7H;1-5H;2*1H;1H2;/q3*-1;;;-1;+4. The molecule has 2 N–H and O–H groups in total. The third-order valence-corrected chi connectivity index (χ3v) is 3.70. The summed E-state index contributed by atoms with van der Waals surface area (Å²) in [5.74, 6) is 0. The van der Waals surface area contributed by atoms with E-state index in [1.165, 1.54) is 21.5 Å². The Morgan fingerprint density at radius 1 is 0.536 bits per heavy atom. The smallest absolute Gasteiger partial charge is 0.693 e. The van der Waals surface area contributed by atoms with Gasteiger partial charge in [0.2, 0.25) is 0 Å². The number of benzene rings is 3. The topological polar surface area (TPSA) is 33.5 Å². The van der Waals surface area contributed by atoms with Gasteiger partial charge < -0.3 is 6.15 Å². The molecule has 0 unspecified atom stereocenters. The Balaban J connectivity index is 0. The maximum atomic E-state index is 2.89. The average Bonchev–Trinajstić information content (AvgIpc) is 3.33. The summed E-state index contributed by atoms with van der Waals surface area (Å²) >= 11 is 0. The summed E-state index contributed by atoms with van der Waals surface area (Å²) in [5.41, 5.74) is 0. The molecule has 142 valence electrons. The van der Waals surface area contributed by atoms with Crippen LogP contribution < -0.4 is 0 Å². The van der Waals surface area contributed by atoms with Crippen molar-refractivity contribution in [3.63, 3.8) is 0 Å². The van der Waals surface area contributed by atoms with Crippen molar-refractivity contribution in [2.75, 3.05) is 0 Å². The van der Waals surface area contributed by atoms with Crippen LogP contribution in [-0.4, -0.2) is 0 Å². The number of hydrogen-bond acceptors (Lipinski definition) is 0. The predicted octanol–water partition coefficient (Wildman–Crippen LogP) is 8.16. The first-order valence-corrected chi connectivity index (χ1v) is 8.05. The van der Waals surface area contributed by atoms with Gasteiger partial charge in [-0.3, -0.25) is 0 Å². The van der Waals surface area contributed by atoms with Crippen LogP contribution in [0.4, 0.5) is 0 Å². The molecule has 0 aromatic heterocycles. The van der Waals surface area contributed by atoms with Crippen LogP contribution in [0.2, 0.25) is 0 Å². The maximum Gasteiger partial charge on any atom is 4.00 e. The van der Waals surface area contributed by atoms with Crippen LogP contribution in [0.1, 0.15) is 0 Å². The van der Waals surface area contributed by atoms with Crippen LogP contribution in [0.3, 0.4) is 0 Å². The molecule has 0 fully saturated rings. The third-order valence-electron chi connectivity index (χ3n) is 3.70. The Morgan fingerprint density at radius 2 is 0.964 bits per heavy atom. The zero-order chi connectivity index (χ0) is 16.5. The first kappa shape index (κ1) is 28.5. The van der Waals surface area contributed by atoms with Crippen LogP contribution in [0.15, 0.2) is 115 Å². The normalized spacial score (nSPS) is 8.29. The SMILES string of the molecule is Cl.Cl.[NH2-].[Zr+4].[c-]1ccccc1.c1ccc2[cH-]ccc2c1.c1ccc2[cH-]ccc2c1. The van der Waals surface area contributed by atoms with Gasteiger partial charge in [-0.25, -0.2) is 0 Å². The number of nitrogens with two attached hydrogens (primary N) is 1. The van der Waals surface area contributed by atoms with E-state index in [0.717, 1.165) is 0 Å². The van der Waals surface area contributed by atoms with Crippen molar-refractivity contribution in [2.45, 2.75) is 0 Å². The van der Waals surface area contributed by atoms with Gasteiger partial charge in [0.25, 0.3) is 0 Å². The molecule has 0 atom stereocenters. The number of rotatable bonds is 0. The summed E-state index contributed by atoms with van der Waals surface area (Å²) in [6.07, 6.45) is 0. The molecule has 0 amide bonds. The first-order valence-electron chi connectivity index (χ1n) is 8.05. The second kappa shape index (κ2) is 16.3. The van der Waals surface area contributed by atoms with E-state index in [0.29, 0.717) is 0 Å². The van der Waals surface area contributed by atoms with Crippen LogP contribution in [0, 0.1) is 6.07 Å². The zero-order valence-electron chi connectivity index (χ0n) is 15.4. The van der Waals surface area contributed by atoms with E-state index in [-0.39, 0.29) is 57.2 Å². The van der Waals surface area contributed by atoms with Gasteiger partial charge in [-0.2, -0.15) is 71.4 Å². The summed E-state index contributed by atoms with van der Waals surface area (Å²) in [4.78, 5) is 0. The fourth-order valence-corrected chi connectivity index (χ4v) is 2.48. The summed E-state index contributed by atoms with van der Waals surface area (Å²) in [5, 5.41) is 5.32. The Kier molecular flexibility index (Phi) is 16.6. The van der Waals surface area contributed by atoms with Crippen LogP contribution in [-0.2, 0) is 26.2 Å². The van der Waals surface area contributed by atoms with E-state index >= 15 is 0 Å². The molecule has 0 aliphatic rings. The molecular formula is C24H23Cl2NZr. The fourth-order valence-electron chi connectivity index (χ4n) is 2.48. The molecule has 0 heterocycles. The minimum absolute atomic E-state index is 0. The van der Waals surface area contributed by atoms with Gasteiger partial charge in [0.1, 0.15) is 0 Å². The van der Waals surface area contributed by atoms with Crippen molar-refractivity contribution in [2.24, 2.45) is 0 Å². The molecule has 0 radical (unpaired) electrons.